The Hall–Kier alpha value is -2.21. The van der Waals surface area contributed by atoms with Gasteiger partial charge in [0.25, 0.3) is 11.8 Å². The van der Waals surface area contributed by atoms with Gasteiger partial charge in [0.2, 0.25) is 5.91 Å². The molecule has 1 aromatic rings. The van der Waals surface area contributed by atoms with Crippen LogP contribution in [0.2, 0.25) is 0 Å². The van der Waals surface area contributed by atoms with E-state index in [1.165, 1.54) is 0 Å². The van der Waals surface area contributed by atoms with Gasteiger partial charge in [-0.1, -0.05) is 19.9 Å². The van der Waals surface area contributed by atoms with Crippen LogP contribution in [0.25, 0.3) is 0 Å². The van der Waals surface area contributed by atoms with Crippen LogP contribution in [0.3, 0.4) is 0 Å². The van der Waals surface area contributed by atoms with Crippen LogP contribution in [0.5, 0.6) is 0 Å². The number of hydrogen-bond donors (Lipinski definition) is 2. The van der Waals surface area contributed by atoms with Crippen molar-refractivity contribution in [3.63, 3.8) is 0 Å². The number of piperidine rings is 1. The van der Waals surface area contributed by atoms with Gasteiger partial charge in [0, 0.05) is 6.42 Å². The van der Waals surface area contributed by atoms with Crippen LogP contribution in [0.4, 0.5) is 0 Å². The van der Waals surface area contributed by atoms with Gasteiger partial charge < -0.3 is 10.4 Å². The summed E-state index contributed by atoms with van der Waals surface area (Å²) in [5.74, 6) is -0.831. The fourth-order valence-corrected chi connectivity index (χ4v) is 2.98. The predicted molar refractivity (Wildman–Crippen MR) is 78.2 cm³/mol. The van der Waals surface area contributed by atoms with Gasteiger partial charge in [-0.3, -0.25) is 19.3 Å². The molecule has 2 N–H and O–H groups in total. The summed E-state index contributed by atoms with van der Waals surface area (Å²) in [5, 5.41) is 12.4. The molecular weight excluding hydrogens is 284 g/mol. The van der Waals surface area contributed by atoms with E-state index in [2.05, 4.69) is 5.32 Å². The lowest BCUT2D eigenvalue weighted by Crippen LogP contribution is -2.57. The van der Waals surface area contributed by atoms with Crippen LogP contribution >= 0.6 is 0 Å². The molecule has 0 saturated carbocycles. The Bertz CT molecular complexity index is 668. The van der Waals surface area contributed by atoms with Gasteiger partial charge in [0.1, 0.15) is 6.23 Å². The van der Waals surface area contributed by atoms with Gasteiger partial charge in [0.05, 0.1) is 17.2 Å². The van der Waals surface area contributed by atoms with E-state index in [0.717, 1.165) is 10.5 Å². The Morgan fingerprint density at radius 3 is 2.50 bits per heavy atom. The molecule has 2 unspecified atom stereocenters. The summed E-state index contributed by atoms with van der Waals surface area (Å²) in [5.41, 5.74) is 1.72. The van der Waals surface area contributed by atoms with Crippen LogP contribution in [-0.2, 0) is 4.79 Å². The minimum absolute atomic E-state index is 0.187. The molecule has 0 radical (unpaired) electrons. The minimum atomic E-state index is -1.21. The topological polar surface area (TPSA) is 86.7 Å². The first-order chi connectivity index (χ1) is 10.4. The van der Waals surface area contributed by atoms with Crippen molar-refractivity contribution in [1.82, 2.24) is 10.2 Å². The Morgan fingerprint density at radius 1 is 1.18 bits per heavy atom. The molecule has 3 rings (SSSR count). The quantitative estimate of drug-likeness (QED) is 0.798. The van der Waals surface area contributed by atoms with E-state index in [-0.39, 0.29) is 24.7 Å². The smallest absolute Gasteiger partial charge is 0.261 e. The number of aliphatic hydroxyl groups excluding tert-OH is 1. The molecule has 0 spiro atoms. The second-order valence-electron chi connectivity index (χ2n) is 6.06. The molecule has 3 amide bonds. The maximum atomic E-state index is 12.6. The number of aliphatic hydroxyl groups is 1. The maximum Gasteiger partial charge on any atom is 0.261 e. The minimum Gasteiger partial charge on any atom is -0.372 e. The third kappa shape index (κ3) is 2.20. The largest absolute Gasteiger partial charge is 0.372 e. The summed E-state index contributed by atoms with van der Waals surface area (Å²) in [7, 11) is 0. The molecule has 116 valence electrons. The number of carbonyl (C=O) groups excluding carboxylic acids is 3. The van der Waals surface area contributed by atoms with Crippen molar-refractivity contribution < 1.29 is 19.5 Å². The second kappa shape index (κ2) is 5.21. The number of amides is 3. The van der Waals surface area contributed by atoms with Crippen molar-refractivity contribution in [2.45, 2.75) is 44.9 Å². The molecule has 1 saturated heterocycles. The van der Waals surface area contributed by atoms with Crippen molar-refractivity contribution in [3.8, 4) is 0 Å². The molecule has 0 aromatic heterocycles. The van der Waals surface area contributed by atoms with Gasteiger partial charge in [-0.25, -0.2) is 0 Å². The molecule has 0 bridgehead atoms. The number of fused-ring (bicyclic) bond motifs is 1. The molecule has 6 nitrogen and oxygen atoms in total. The molecule has 1 fully saturated rings. The van der Waals surface area contributed by atoms with Crippen molar-refractivity contribution in [2.24, 2.45) is 0 Å². The van der Waals surface area contributed by atoms with Gasteiger partial charge in [0.15, 0.2) is 0 Å². The van der Waals surface area contributed by atoms with Crippen LogP contribution in [0.1, 0.15) is 58.9 Å². The number of hydrogen-bond acceptors (Lipinski definition) is 4. The Kier molecular flexibility index (Phi) is 3.48. The highest BCUT2D eigenvalue weighted by Crippen LogP contribution is 2.30. The first kappa shape index (κ1) is 14.7. The number of carbonyl (C=O) groups is 3. The zero-order chi connectivity index (χ0) is 16.0. The van der Waals surface area contributed by atoms with Crippen molar-refractivity contribution >= 4 is 17.7 Å². The molecule has 22 heavy (non-hydrogen) atoms. The summed E-state index contributed by atoms with van der Waals surface area (Å²) in [6.45, 7) is 4.03. The van der Waals surface area contributed by atoms with E-state index in [4.69, 9.17) is 0 Å². The highest BCUT2D eigenvalue weighted by atomic mass is 16.3. The van der Waals surface area contributed by atoms with Gasteiger partial charge in [-0.05, 0) is 30.0 Å². The number of nitrogens with zero attached hydrogens (tertiary/aromatic N) is 1. The molecule has 6 heteroatoms. The third-order valence-electron chi connectivity index (χ3n) is 4.28. The zero-order valence-electron chi connectivity index (χ0n) is 12.5. The Balaban J connectivity index is 1.94. The fourth-order valence-electron chi connectivity index (χ4n) is 2.98. The van der Waals surface area contributed by atoms with E-state index in [1.807, 2.05) is 19.9 Å². The van der Waals surface area contributed by atoms with Gasteiger partial charge in [-0.2, -0.15) is 0 Å². The van der Waals surface area contributed by atoms with E-state index < -0.39 is 24.1 Å². The predicted octanol–water partition coefficient (Wildman–Crippen LogP) is 1.00. The second-order valence-corrected chi connectivity index (χ2v) is 6.06. The normalized spacial score (nSPS) is 24.7. The average molecular weight is 302 g/mol. The highest BCUT2D eigenvalue weighted by Gasteiger charge is 2.44. The summed E-state index contributed by atoms with van der Waals surface area (Å²) in [4.78, 5) is 37.4. The number of imide groups is 1. The number of benzene rings is 1. The number of nitrogens with one attached hydrogen (secondary N) is 1. The van der Waals surface area contributed by atoms with Crippen LogP contribution in [0.15, 0.2) is 18.2 Å². The summed E-state index contributed by atoms with van der Waals surface area (Å²) < 4.78 is 0. The first-order valence-corrected chi connectivity index (χ1v) is 7.39. The lowest BCUT2D eigenvalue weighted by atomic mass is 9.98. The third-order valence-corrected chi connectivity index (χ3v) is 4.28. The fraction of sp³-hybridized carbons (Fsp3) is 0.438. The van der Waals surface area contributed by atoms with E-state index in [1.54, 1.807) is 12.1 Å². The van der Waals surface area contributed by atoms with E-state index >= 15 is 0 Å². The van der Waals surface area contributed by atoms with Crippen molar-refractivity contribution in [1.29, 1.82) is 0 Å². The molecule has 2 heterocycles. The molecule has 2 aliphatic rings. The molecule has 1 aromatic carbocycles. The average Bonchev–Trinajstić information content (AvgIpc) is 2.71. The monoisotopic (exact) mass is 302 g/mol. The molecule has 2 aliphatic heterocycles. The van der Waals surface area contributed by atoms with Gasteiger partial charge in [-0.15, -0.1) is 0 Å². The van der Waals surface area contributed by atoms with E-state index in [9.17, 15) is 19.5 Å². The number of rotatable bonds is 2. The Morgan fingerprint density at radius 2 is 1.86 bits per heavy atom. The zero-order valence-corrected chi connectivity index (χ0v) is 12.5. The van der Waals surface area contributed by atoms with Gasteiger partial charge >= 0.3 is 0 Å². The summed E-state index contributed by atoms with van der Waals surface area (Å²) in [6.07, 6.45) is -0.755. The van der Waals surface area contributed by atoms with Crippen LogP contribution < -0.4 is 5.32 Å². The van der Waals surface area contributed by atoms with Crippen LogP contribution in [-0.4, -0.2) is 40.0 Å². The van der Waals surface area contributed by atoms with Crippen molar-refractivity contribution in [3.05, 3.63) is 34.9 Å². The van der Waals surface area contributed by atoms with Crippen LogP contribution in [0, 0.1) is 0 Å². The van der Waals surface area contributed by atoms with E-state index in [0.29, 0.717) is 11.1 Å². The lowest BCUT2D eigenvalue weighted by molar-refractivity contribution is -0.129. The molecular formula is C16H18N2O4. The van der Waals surface area contributed by atoms with Crippen molar-refractivity contribution in [2.75, 3.05) is 0 Å². The highest BCUT2D eigenvalue weighted by molar-refractivity contribution is 6.21. The summed E-state index contributed by atoms with van der Waals surface area (Å²) in [6, 6.07) is 4.54. The molecule has 2 atom stereocenters. The SMILES string of the molecule is CC(C)c1ccc2c(c1)C(=O)N(C1CCC(=O)NC1O)C2=O. The maximum absolute atomic E-state index is 12.6. The first-order valence-electron chi connectivity index (χ1n) is 7.39. The lowest BCUT2D eigenvalue weighted by Gasteiger charge is -2.33. The molecule has 0 aliphatic carbocycles. The Labute approximate surface area is 128 Å². The summed E-state index contributed by atoms with van der Waals surface area (Å²) >= 11 is 0. The standard InChI is InChI=1S/C16H18N2O4/c1-8(2)9-3-4-10-11(7-9)16(22)18(15(10)21)12-5-6-13(19)17-14(12)20/h3-4,7-8,12,14,20H,5-6H2,1-2H3,(H,17,19).